The van der Waals surface area contributed by atoms with Gasteiger partial charge >= 0.3 is 0 Å². The van der Waals surface area contributed by atoms with Crippen molar-refractivity contribution in [1.29, 1.82) is 0 Å². The van der Waals surface area contributed by atoms with Gasteiger partial charge in [0.2, 0.25) is 0 Å². The van der Waals surface area contributed by atoms with Crippen molar-refractivity contribution < 1.29 is 0 Å². The van der Waals surface area contributed by atoms with Crippen molar-refractivity contribution in [2.45, 2.75) is 53.9 Å². The lowest BCUT2D eigenvalue weighted by Crippen LogP contribution is -2.25. The normalized spacial score (nSPS) is 12.5. The fraction of sp³-hybridized carbons (Fsp3) is 1.00. The van der Waals surface area contributed by atoms with Crippen molar-refractivity contribution in [1.82, 2.24) is 4.90 Å². The van der Waals surface area contributed by atoms with Crippen LogP contribution in [-0.2, 0) is 0 Å². The van der Waals surface area contributed by atoms with Crippen LogP contribution in [0.2, 0.25) is 0 Å². The molecule has 0 radical (unpaired) electrons. The molecule has 0 N–H and O–H groups in total. The van der Waals surface area contributed by atoms with Gasteiger partial charge < -0.3 is 4.90 Å². The number of hydrogen-bond donors (Lipinski definition) is 0. The zero-order valence-electron chi connectivity index (χ0n) is 10.2. The minimum absolute atomic E-state index is 0.549. The van der Waals surface area contributed by atoms with Gasteiger partial charge in [-0.2, -0.15) is 0 Å². The van der Waals surface area contributed by atoms with Crippen LogP contribution >= 0.6 is 0 Å². The lowest BCUT2D eigenvalue weighted by Gasteiger charge is -2.24. The molecule has 0 heterocycles. The molecule has 0 rings (SSSR count). The quantitative estimate of drug-likeness (QED) is 0.586. The van der Waals surface area contributed by atoms with E-state index < -0.39 is 0 Å². The molecule has 0 bridgehead atoms. The Hall–Kier alpha value is -0.0400. The van der Waals surface area contributed by atoms with Crippen LogP contribution in [0.5, 0.6) is 0 Å². The highest BCUT2D eigenvalue weighted by atomic mass is 15.1. The van der Waals surface area contributed by atoms with E-state index >= 15 is 0 Å². The molecule has 0 saturated heterocycles. The molecule has 0 aromatic rings. The molecular weight excluding hydrogens is 158 g/mol. The van der Waals surface area contributed by atoms with E-state index in [0.717, 1.165) is 0 Å². The summed E-state index contributed by atoms with van der Waals surface area (Å²) in [6, 6.07) is 0. The highest BCUT2D eigenvalue weighted by Crippen LogP contribution is 2.25. The maximum Gasteiger partial charge on any atom is -0.00188 e. The maximum atomic E-state index is 2.51. The summed E-state index contributed by atoms with van der Waals surface area (Å²) in [5, 5.41) is 0. The Morgan fingerprint density at radius 1 is 1.00 bits per heavy atom. The monoisotopic (exact) mass is 185 g/mol. The molecule has 0 aromatic carbocycles. The van der Waals surface area contributed by atoms with Gasteiger partial charge in [0.1, 0.15) is 0 Å². The SMILES string of the molecule is CCN(CC)CCCC(C)(C)CC. The average molecular weight is 185 g/mol. The molecule has 1 nitrogen and oxygen atoms in total. The molecule has 0 atom stereocenters. The van der Waals surface area contributed by atoms with Gasteiger partial charge in [0, 0.05) is 0 Å². The lowest BCUT2D eigenvalue weighted by atomic mass is 9.85. The van der Waals surface area contributed by atoms with Crippen LogP contribution in [0, 0.1) is 5.41 Å². The number of nitrogens with zero attached hydrogens (tertiary/aromatic N) is 1. The predicted octanol–water partition coefficient (Wildman–Crippen LogP) is 3.54. The van der Waals surface area contributed by atoms with Crippen molar-refractivity contribution >= 4 is 0 Å². The van der Waals surface area contributed by atoms with Crippen molar-refractivity contribution in [3.63, 3.8) is 0 Å². The fourth-order valence-corrected chi connectivity index (χ4v) is 1.50. The largest absolute Gasteiger partial charge is 0.304 e. The first-order chi connectivity index (χ1) is 6.05. The number of hydrogen-bond acceptors (Lipinski definition) is 1. The van der Waals surface area contributed by atoms with Gasteiger partial charge in [-0.1, -0.05) is 41.0 Å². The molecule has 0 unspecified atom stereocenters. The second-order valence-electron chi connectivity index (χ2n) is 4.65. The zero-order valence-corrected chi connectivity index (χ0v) is 10.2. The fourth-order valence-electron chi connectivity index (χ4n) is 1.50. The highest BCUT2D eigenvalue weighted by Gasteiger charge is 2.14. The molecule has 0 aliphatic rings. The topological polar surface area (TPSA) is 3.24 Å². The summed E-state index contributed by atoms with van der Waals surface area (Å²) in [6.45, 7) is 15.2. The molecule has 0 saturated carbocycles. The first-order valence-electron chi connectivity index (χ1n) is 5.78. The second kappa shape index (κ2) is 6.42. The Morgan fingerprint density at radius 3 is 1.92 bits per heavy atom. The highest BCUT2D eigenvalue weighted by molar-refractivity contribution is 4.67. The molecule has 0 aromatic heterocycles. The smallest absolute Gasteiger partial charge is 0.00188 e. The van der Waals surface area contributed by atoms with Gasteiger partial charge in [-0.15, -0.1) is 0 Å². The van der Waals surface area contributed by atoms with Gasteiger partial charge in [-0.3, -0.25) is 0 Å². The van der Waals surface area contributed by atoms with Gasteiger partial charge in [-0.05, 0) is 37.9 Å². The minimum Gasteiger partial charge on any atom is -0.304 e. The lowest BCUT2D eigenvalue weighted by molar-refractivity contribution is 0.253. The summed E-state index contributed by atoms with van der Waals surface area (Å²) in [6.07, 6.45) is 4.01. The first kappa shape index (κ1) is 13.0. The summed E-state index contributed by atoms with van der Waals surface area (Å²) < 4.78 is 0. The molecule has 0 spiro atoms. The van der Waals surface area contributed by atoms with Crippen molar-refractivity contribution in [2.75, 3.05) is 19.6 Å². The average Bonchev–Trinajstić information content (AvgIpc) is 2.12. The summed E-state index contributed by atoms with van der Waals surface area (Å²) in [5.41, 5.74) is 0.549. The summed E-state index contributed by atoms with van der Waals surface area (Å²) >= 11 is 0. The van der Waals surface area contributed by atoms with Crippen LogP contribution in [0.25, 0.3) is 0 Å². The van der Waals surface area contributed by atoms with E-state index in [1.54, 1.807) is 0 Å². The molecule has 1 heteroatoms. The Kier molecular flexibility index (Phi) is 6.40. The third kappa shape index (κ3) is 6.09. The molecule has 0 fully saturated rings. The third-order valence-electron chi connectivity index (χ3n) is 3.18. The summed E-state index contributed by atoms with van der Waals surface area (Å²) in [4.78, 5) is 2.51. The Bertz CT molecular complexity index is 114. The Labute approximate surface area is 84.5 Å². The van der Waals surface area contributed by atoms with E-state index in [2.05, 4.69) is 39.5 Å². The maximum absolute atomic E-state index is 2.51. The van der Waals surface area contributed by atoms with E-state index in [4.69, 9.17) is 0 Å². The minimum atomic E-state index is 0.549. The van der Waals surface area contributed by atoms with Crippen LogP contribution < -0.4 is 0 Å². The van der Waals surface area contributed by atoms with Gasteiger partial charge in [0.15, 0.2) is 0 Å². The van der Waals surface area contributed by atoms with E-state index in [-0.39, 0.29) is 0 Å². The summed E-state index contributed by atoms with van der Waals surface area (Å²) in [5.74, 6) is 0. The molecule has 0 amide bonds. The van der Waals surface area contributed by atoms with Crippen molar-refractivity contribution in [2.24, 2.45) is 5.41 Å². The van der Waals surface area contributed by atoms with Crippen molar-refractivity contribution in [3.05, 3.63) is 0 Å². The van der Waals surface area contributed by atoms with Crippen LogP contribution in [0.3, 0.4) is 0 Å². The van der Waals surface area contributed by atoms with Crippen LogP contribution in [0.15, 0.2) is 0 Å². The molecule has 13 heavy (non-hydrogen) atoms. The van der Waals surface area contributed by atoms with Crippen LogP contribution in [0.4, 0.5) is 0 Å². The Balaban J connectivity index is 3.54. The molecule has 0 aliphatic carbocycles. The van der Waals surface area contributed by atoms with E-state index in [9.17, 15) is 0 Å². The molecular formula is C12H27N. The Morgan fingerprint density at radius 2 is 1.54 bits per heavy atom. The number of rotatable bonds is 7. The van der Waals surface area contributed by atoms with Gasteiger partial charge in [0.25, 0.3) is 0 Å². The molecule has 0 aliphatic heterocycles. The van der Waals surface area contributed by atoms with Crippen LogP contribution in [-0.4, -0.2) is 24.5 Å². The predicted molar refractivity (Wildman–Crippen MR) is 61.1 cm³/mol. The van der Waals surface area contributed by atoms with Gasteiger partial charge in [-0.25, -0.2) is 0 Å². The van der Waals surface area contributed by atoms with E-state index in [1.807, 2.05) is 0 Å². The standard InChI is InChI=1S/C12H27N/c1-6-12(4,5)10-9-11-13(7-2)8-3/h6-11H2,1-5H3. The van der Waals surface area contributed by atoms with Crippen molar-refractivity contribution in [3.8, 4) is 0 Å². The second-order valence-corrected chi connectivity index (χ2v) is 4.65. The summed E-state index contributed by atoms with van der Waals surface area (Å²) in [7, 11) is 0. The van der Waals surface area contributed by atoms with E-state index in [1.165, 1.54) is 38.9 Å². The zero-order chi connectivity index (χ0) is 10.3. The third-order valence-corrected chi connectivity index (χ3v) is 3.18. The van der Waals surface area contributed by atoms with E-state index in [0.29, 0.717) is 5.41 Å². The molecule has 80 valence electrons. The van der Waals surface area contributed by atoms with Crippen LogP contribution in [0.1, 0.15) is 53.9 Å². The van der Waals surface area contributed by atoms with Gasteiger partial charge in [0.05, 0.1) is 0 Å². The first-order valence-corrected chi connectivity index (χ1v) is 5.78.